The average molecular weight is 360 g/mol. The van der Waals surface area contributed by atoms with Crippen LogP contribution in [0.5, 0.6) is 0 Å². The van der Waals surface area contributed by atoms with E-state index in [-0.39, 0.29) is 29.8 Å². The number of carbonyl (C=O) groups excluding carboxylic acids is 1. The van der Waals surface area contributed by atoms with Gasteiger partial charge < -0.3 is 11.1 Å². The lowest BCUT2D eigenvalue weighted by Gasteiger charge is -2.34. The van der Waals surface area contributed by atoms with Crippen LogP contribution in [0.2, 0.25) is 5.02 Å². The molecule has 0 aromatic heterocycles. The van der Waals surface area contributed by atoms with Gasteiger partial charge in [0, 0.05) is 37.1 Å². The van der Waals surface area contributed by atoms with E-state index in [0.717, 1.165) is 19.3 Å². The summed E-state index contributed by atoms with van der Waals surface area (Å²) in [7, 11) is -3.59. The predicted molar refractivity (Wildman–Crippen MR) is 89.7 cm³/mol. The van der Waals surface area contributed by atoms with Crippen molar-refractivity contribution >= 4 is 27.5 Å². The van der Waals surface area contributed by atoms with Crippen LogP contribution in [-0.2, 0) is 14.8 Å². The van der Waals surface area contributed by atoms with Crippen LogP contribution in [0.15, 0.2) is 29.2 Å². The quantitative estimate of drug-likeness (QED) is 0.801. The molecule has 1 aromatic carbocycles. The highest BCUT2D eigenvalue weighted by molar-refractivity contribution is 7.89. The van der Waals surface area contributed by atoms with Gasteiger partial charge in [-0.2, -0.15) is 4.31 Å². The summed E-state index contributed by atoms with van der Waals surface area (Å²) in [6.07, 6.45) is 2.75. The second-order valence-corrected chi connectivity index (χ2v) is 7.89. The number of nitrogens with two attached hydrogens (primary N) is 1. The molecule has 1 aliphatic rings. The van der Waals surface area contributed by atoms with E-state index in [4.69, 9.17) is 17.3 Å². The van der Waals surface area contributed by atoms with Gasteiger partial charge in [0.1, 0.15) is 0 Å². The Kier molecular flexibility index (Phi) is 6.41. The third kappa shape index (κ3) is 4.67. The van der Waals surface area contributed by atoms with E-state index in [1.165, 1.54) is 16.4 Å². The maximum absolute atomic E-state index is 12.8. The van der Waals surface area contributed by atoms with Gasteiger partial charge in [-0.3, -0.25) is 4.79 Å². The van der Waals surface area contributed by atoms with Crippen LogP contribution in [0.25, 0.3) is 0 Å². The summed E-state index contributed by atoms with van der Waals surface area (Å²) in [5.41, 5.74) is 5.34. The van der Waals surface area contributed by atoms with Gasteiger partial charge in [0.05, 0.1) is 4.90 Å². The summed E-state index contributed by atoms with van der Waals surface area (Å²) in [6.45, 7) is 1.05. The molecular formula is C15H22ClN3O3S. The zero-order valence-corrected chi connectivity index (χ0v) is 14.4. The predicted octanol–water partition coefficient (Wildman–Crippen LogP) is 1.35. The number of sulfonamides is 1. The van der Waals surface area contributed by atoms with Gasteiger partial charge in [0.15, 0.2) is 0 Å². The summed E-state index contributed by atoms with van der Waals surface area (Å²) >= 11 is 5.82. The van der Waals surface area contributed by atoms with Gasteiger partial charge in [-0.25, -0.2) is 8.42 Å². The van der Waals surface area contributed by atoms with Crippen LogP contribution in [0.1, 0.15) is 25.7 Å². The molecule has 0 spiro atoms. The van der Waals surface area contributed by atoms with Gasteiger partial charge in [-0.15, -0.1) is 0 Å². The molecule has 1 aromatic rings. The molecular weight excluding hydrogens is 338 g/mol. The highest BCUT2D eigenvalue weighted by atomic mass is 35.5. The molecule has 0 aliphatic carbocycles. The first-order valence-corrected chi connectivity index (χ1v) is 9.51. The molecule has 0 saturated carbocycles. The molecule has 1 atom stereocenters. The van der Waals surface area contributed by atoms with Crippen molar-refractivity contribution in [3.05, 3.63) is 29.3 Å². The van der Waals surface area contributed by atoms with Crippen molar-refractivity contribution in [3.8, 4) is 0 Å². The number of hydrogen-bond donors (Lipinski definition) is 2. The molecule has 3 N–H and O–H groups in total. The number of nitrogens with zero attached hydrogens (tertiary/aromatic N) is 1. The van der Waals surface area contributed by atoms with E-state index in [1.54, 1.807) is 12.1 Å². The molecule has 1 unspecified atom stereocenters. The largest absolute Gasteiger partial charge is 0.354 e. The van der Waals surface area contributed by atoms with Crippen LogP contribution in [-0.4, -0.2) is 44.3 Å². The van der Waals surface area contributed by atoms with Gasteiger partial charge in [-0.1, -0.05) is 18.0 Å². The standard InChI is InChI=1S/C15H22ClN3O3S/c16-12-4-6-14(7-5-12)23(21,22)19-10-2-1-3-13(19)11-18-15(20)8-9-17/h4-7,13H,1-3,8-11,17H2,(H,18,20). The fourth-order valence-corrected chi connectivity index (χ4v) is 4.51. The second kappa shape index (κ2) is 8.10. The molecule has 0 bridgehead atoms. The third-order valence-electron chi connectivity index (χ3n) is 3.90. The van der Waals surface area contributed by atoms with Gasteiger partial charge in [0.25, 0.3) is 0 Å². The number of amides is 1. The summed E-state index contributed by atoms with van der Waals surface area (Å²) < 4.78 is 27.1. The van der Waals surface area contributed by atoms with Gasteiger partial charge in [0.2, 0.25) is 15.9 Å². The van der Waals surface area contributed by atoms with Crippen molar-refractivity contribution in [2.45, 2.75) is 36.6 Å². The monoisotopic (exact) mass is 359 g/mol. The van der Waals surface area contributed by atoms with Crippen molar-refractivity contribution in [1.29, 1.82) is 0 Å². The zero-order chi connectivity index (χ0) is 16.9. The number of nitrogens with one attached hydrogen (secondary N) is 1. The van der Waals surface area contributed by atoms with Gasteiger partial charge >= 0.3 is 0 Å². The summed E-state index contributed by atoms with van der Waals surface area (Å²) in [5, 5.41) is 3.26. The minimum absolute atomic E-state index is 0.151. The van der Waals surface area contributed by atoms with Crippen molar-refractivity contribution in [3.63, 3.8) is 0 Å². The van der Waals surface area contributed by atoms with Gasteiger partial charge in [-0.05, 0) is 37.1 Å². The van der Waals surface area contributed by atoms with Crippen LogP contribution in [0, 0.1) is 0 Å². The molecule has 23 heavy (non-hydrogen) atoms. The Labute approximate surface area is 142 Å². The lowest BCUT2D eigenvalue weighted by atomic mass is 10.1. The SMILES string of the molecule is NCCC(=O)NCC1CCCCN1S(=O)(=O)c1ccc(Cl)cc1. The van der Waals surface area contributed by atoms with Crippen LogP contribution in [0.3, 0.4) is 0 Å². The topological polar surface area (TPSA) is 92.5 Å². The average Bonchev–Trinajstić information content (AvgIpc) is 2.54. The maximum atomic E-state index is 12.8. The first-order chi connectivity index (χ1) is 10.9. The summed E-state index contributed by atoms with van der Waals surface area (Å²) in [4.78, 5) is 11.8. The van der Waals surface area contributed by atoms with E-state index >= 15 is 0 Å². The van der Waals surface area contributed by atoms with E-state index in [9.17, 15) is 13.2 Å². The summed E-state index contributed by atoms with van der Waals surface area (Å²) in [6, 6.07) is 5.92. The number of carbonyl (C=O) groups is 1. The Bertz CT molecular complexity index is 634. The van der Waals surface area contributed by atoms with E-state index < -0.39 is 10.0 Å². The Balaban J connectivity index is 2.13. The normalized spacial score (nSPS) is 19.5. The minimum Gasteiger partial charge on any atom is -0.354 e. The van der Waals surface area contributed by atoms with Crippen molar-refractivity contribution < 1.29 is 13.2 Å². The highest BCUT2D eigenvalue weighted by Gasteiger charge is 2.33. The van der Waals surface area contributed by atoms with E-state index in [2.05, 4.69) is 5.32 Å². The smallest absolute Gasteiger partial charge is 0.243 e. The maximum Gasteiger partial charge on any atom is 0.243 e. The number of halogens is 1. The molecule has 1 fully saturated rings. The number of rotatable bonds is 6. The van der Waals surface area contributed by atoms with E-state index in [1.807, 2.05) is 0 Å². The Morgan fingerprint density at radius 2 is 2.00 bits per heavy atom. The molecule has 2 rings (SSSR count). The Morgan fingerprint density at radius 1 is 1.30 bits per heavy atom. The summed E-state index contributed by atoms with van der Waals surface area (Å²) in [5.74, 6) is -0.151. The Morgan fingerprint density at radius 3 is 2.65 bits per heavy atom. The highest BCUT2D eigenvalue weighted by Crippen LogP contribution is 2.25. The van der Waals surface area contributed by atoms with Crippen molar-refractivity contribution in [1.82, 2.24) is 9.62 Å². The first kappa shape index (κ1) is 18.2. The third-order valence-corrected chi connectivity index (χ3v) is 6.12. The van der Waals surface area contributed by atoms with E-state index in [0.29, 0.717) is 18.1 Å². The Hall–Kier alpha value is -1.15. The second-order valence-electron chi connectivity index (χ2n) is 5.56. The van der Waals surface area contributed by atoms with Crippen molar-refractivity contribution in [2.75, 3.05) is 19.6 Å². The lowest BCUT2D eigenvalue weighted by molar-refractivity contribution is -0.121. The van der Waals surface area contributed by atoms with Crippen LogP contribution < -0.4 is 11.1 Å². The molecule has 8 heteroatoms. The first-order valence-electron chi connectivity index (χ1n) is 7.69. The number of hydrogen-bond acceptors (Lipinski definition) is 4. The van der Waals surface area contributed by atoms with Crippen LogP contribution >= 0.6 is 11.6 Å². The molecule has 0 radical (unpaired) electrons. The van der Waals surface area contributed by atoms with Crippen LogP contribution in [0.4, 0.5) is 0 Å². The number of benzene rings is 1. The molecule has 1 heterocycles. The lowest BCUT2D eigenvalue weighted by Crippen LogP contribution is -2.49. The van der Waals surface area contributed by atoms with Crippen molar-refractivity contribution in [2.24, 2.45) is 5.73 Å². The molecule has 6 nitrogen and oxygen atoms in total. The number of piperidine rings is 1. The fraction of sp³-hybridized carbons (Fsp3) is 0.533. The zero-order valence-electron chi connectivity index (χ0n) is 12.9. The molecule has 1 amide bonds. The molecule has 1 saturated heterocycles. The fourth-order valence-electron chi connectivity index (χ4n) is 2.69. The minimum atomic E-state index is -3.59. The molecule has 128 valence electrons. The molecule has 1 aliphatic heterocycles.